The topological polar surface area (TPSA) is 39.1 Å². The van der Waals surface area contributed by atoms with Crippen molar-refractivity contribution in [3.63, 3.8) is 0 Å². The summed E-state index contributed by atoms with van der Waals surface area (Å²) in [5, 5.41) is 10.9. The van der Waals surface area contributed by atoms with Crippen molar-refractivity contribution in [2.75, 3.05) is 33.7 Å². The average molecular weight is 223 g/mol. The van der Waals surface area contributed by atoms with Crippen molar-refractivity contribution in [3.05, 3.63) is 0 Å². The van der Waals surface area contributed by atoms with Gasteiger partial charge in [0.15, 0.2) is 5.92 Å². The van der Waals surface area contributed by atoms with Crippen LogP contribution in [0, 0.1) is 17.2 Å². The van der Waals surface area contributed by atoms with Gasteiger partial charge in [-0.15, -0.1) is 0 Å². The summed E-state index contributed by atoms with van der Waals surface area (Å²) >= 11 is 0. The van der Waals surface area contributed by atoms with E-state index in [1.807, 2.05) is 19.0 Å². The minimum atomic E-state index is -4.43. The lowest BCUT2D eigenvalue weighted by atomic mass is 10.1. The molecule has 6 heteroatoms. The van der Waals surface area contributed by atoms with E-state index in [0.717, 1.165) is 13.0 Å². The van der Waals surface area contributed by atoms with Gasteiger partial charge in [-0.05, 0) is 33.6 Å². The van der Waals surface area contributed by atoms with Crippen LogP contribution in [0.2, 0.25) is 0 Å². The number of halogens is 3. The van der Waals surface area contributed by atoms with Crippen LogP contribution < -0.4 is 5.32 Å². The highest BCUT2D eigenvalue weighted by molar-refractivity contribution is 4.89. The molecule has 0 radical (unpaired) electrons. The van der Waals surface area contributed by atoms with Gasteiger partial charge in [-0.25, -0.2) is 0 Å². The summed E-state index contributed by atoms with van der Waals surface area (Å²) in [6.07, 6.45) is -3.66. The summed E-state index contributed by atoms with van der Waals surface area (Å²) < 4.78 is 36.3. The molecule has 0 saturated carbocycles. The molecule has 0 saturated heterocycles. The first-order valence-corrected chi connectivity index (χ1v) is 4.69. The molecule has 0 heterocycles. The van der Waals surface area contributed by atoms with Crippen molar-refractivity contribution in [2.24, 2.45) is 5.92 Å². The van der Waals surface area contributed by atoms with Gasteiger partial charge in [0.1, 0.15) is 0 Å². The fourth-order valence-electron chi connectivity index (χ4n) is 1.00. The predicted molar refractivity (Wildman–Crippen MR) is 51.2 cm³/mol. The lowest BCUT2D eigenvalue weighted by Gasteiger charge is -2.14. The van der Waals surface area contributed by atoms with E-state index < -0.39 is 12.1 Å². The number of rotatable bonds is 6. The normalized spacial score (nSPS) is 13.9. The third-order valence-corrected chi connectivity index (χ3v) is 1.86. The van der Waals surface area contributed by atoms with Crippen LogP contribution in [0.25, 0.3) is 0 Å². The number of hydrogen-bond acceptors (Lipinski definition) is 3. The van der Waals surface area contributed by atoms with Gasteiger partial charge < -0.3 is 10.2 Å². The van der Waals surface area contributed by atoms with Crippen molar-refractivity contribution < 1.29 is 13.2 Å². The lowest BCUT2D eigenvalue weighted by molar-refractivity contribution is -0.157. The van der Waals surface area contributed by atoms with E-state index in [2.05, 4.69) is 5.32 Å². The summed E-state index contributed by atoms with van der Waals surface area (Å²) in [7, 11) is 3.79. The highest BCUT2D eigenvalue weighted by Gasteiger charge is 2.39. The van der Waals surface area contributed by atoms with Crippen molar-refractivity contribution in [1.82, 2.24) is 10.2 Å². The molecule has 0 rings (SSSR count). The van der Waals surface area contributed by atoms with Crippen LogP contribution in [-0.2, 0) is 0 Å². The monoisotopic (exact) mass is 223 g/mol. The third-order valence-electron chi connectivity index (χ3n) is 1.86. The Morgan fingerprint density at radius 3 is 2.40 bits per heavy atom. The van der Waals surface area contributed by atoms with E-state index in [9.17, 15) is 13.2 Å². The molecule has 0 aliphatic heterocycles. The first-order chi connectivity index (χ1) is 6.88. The molecule has 0 spiro atoms. The van der Waals surface area contributed by atoms with E-state index in [0.29, 0.717) is 6.54 Å². The molecule has 15 heavy (non-hydrogen) atoms. The Bertz CT molecular complexity index is 208. The summed E-state index contributed by atoms with van der Waals surface area (Å²) in [4.78, 5) is 1.95. The fourth-order valence-corrected chi connectivity index (χ4v) is 1.00. The molecule has 0 aromatic heterocycles. The van der Waals surface area contributed by atoms with Crippen LogP contribution in [0.1, 0.15) is 6.42 Å². The molecule has 3 nitrogen and oxygen atoms in total. The predicted octanol–water partition coefficient (Wildman–Crippen LogP) is 1.23. The zero-order chi connectivity index (χ0) is 11.9. The van der Waals surface area contributed by atoms with Gasteiger partial charge in [0.25, 0.3) is 0 Å². The first-order valence-electron chi connectivity index (χ1n) is 4.69. The maximum absolute atomic E-state index is 12.1. The summed E-state index contributed by atoms with van der Waals surface area (Å²) in [6.45, 7) is 0.982. The molecule has 0 aliphatic rings. The molecule has 0 amide bonds. The molecular weight excluding hydrogens is 207 g/mol. The molecule has 1 N–H and O–H groups in total. The molecule has 1 unspecified atom stereocenters. The Morgan fingerprint density at radius 1 is 1.40 bits per heavy atom. The minimum Gasteiger partial charge on any atom is -0.315 e. The van der Waals surface area contributed by atoms with Crippen LogP contribution in [0.4, 0.5) is 13.2 Å². The molecule has 0 fully saturated rings. The van der Waals surface area contributed by atoms with Gasteiger partial charge in [0.2, 0.25) is 0 Å². The first kappa shape index (κ1) is 14.2. The molecule has 1 atom stereocenters. The minimum absolute atomic E-state index is 0.326. The molecule has 0 aromatic rings. The molecular formula is C9H16F3N3. The summed E-state index contributed by atoms with van der Waals surface area (Å²) in [5.74, 6) is -1.91. The smallest absolute Gasteiger partial charge is 0.315 e. The summed E-state index contributed by atoms with van der Waals surface area (Å²) in [6, 6.07) is 1.24. The second-order valence-corrected chi connectivity index (χ2v) is 3.58. The van der Waals surface area contributed by atoms with E-state index in [4.69, 9.17) is 5.26 Å². The van der Waals surface area contributed by atoms with E-state index in [1.54, 1.807) is 0 Å². The Kier molecular flexibility index (Phi) is 6.29. The van der Waals surface area contributed by atoms with Crippen molar-refractivity contribution in [1.29, 1.82) is 5.26 Å². The fraction of sp³-hybridized carbons (Fsp3) is 0.889. The van der Waals surface area contributed by atoms with Gasteiger partial charge in [-0.3, -0.25) is 0 Å². The Morgan fingerprint density at radius 2 is 2.00 bits per heavy atom. The van der Waals surface area contributed by atoms with Crippen molar-refractivity contribution in [2.45, 2.75) is 12.6 Å². The van der Waals surface area contributed by atoms with Crippen LogP contribution in [0.5, 0.6) is 0 Å². The molecule has 88 valence electrons. The molecule has 0 aliphatic carbocycles. The average Bonchev–Trinajstić information content (AvgIpc) is 2.08. The Hall–Kier alpha value is -0.800. The van der Waals surface area contributed by atoms with Gasteiger partial charge in [-0.1, -0.05) is 0 Å². The summed E-state index contributed by atoms with van der Waals surface area (Å²) in [5.41, 5.74) is 0. The maximum Gasteiger partial charge on any atom is 0.405 e. The Labute approximate surface area is 87.9 Å². The number of nitrogens with zero attached hydrogens (tertiary/aromatic N) is 2. The number of nitrogens with one attached hydrogen (secondary N) is 1. The highest BCUT2D eigenvalue weighted by atomic mass is 19.4. The van der Waals surface area contributed by atoms with E-state index in [1.165, 1.54) is 6.07 Å². The van der Waals surface area contributed by atoms with Crippen molar-refractivity contribution in [3.8, 4) is 6.07 Å². The Balaban J connectivity index is 3.62. The number of hydrogen-bond donors (Lipinski definition) is 1. The molecule has 0 bridgehead atoms. The van der Waals surface area contributed by atoms with E-state index in [-0.39, 0.29) is 6.54 Å². The van der Waals surface area contributed by atoms with Gasteiger partial charge in [0, 0.05) is 6.54 Å². The quantitative estimate of drug-likeness (QED) is 0.688. The SMILES string of the molecule is CN(C)CCCNCC(C#N)C(F)(F)F. The molecule has 0 aromatic carbocycles. The zero-order valence-corrected chi connectivity index (χ0v) is 8.93. The van der Waals surface area contributed by atoms with Gasteiger partial charge in [-0.2, -0.15) is 18.4 Å². The number of nitriles is 1. The van der Waals surface area contributed by atoms with Crippen LogP contribution in [0.3, 0.4) is 0 Å². The van der Waals surface area contributed by atoms with Gasteiger partial charge in [0.05, 0.1) is 6.07 Å². The standard InChI is InChI=1S/C9H16F3N3/c1-15(2)5-3-4-14-7-8(6-13)9(10,11)12/h8,14H,3-5,7H2,1-2H3. The van der Waals surface area contributed by atoms with Crippen LogP contribution in [0.15, 0.2) is 0 Å². The lowest BCUT2D eigenvalue weighted by Crippen LogP contribution is -2.33. The van der Waals surface area contributed by atoms with E-state index >= 15 is 0 Å². The zero-order valence-electron chi connectivity index (χ0n) is 8.93. The van der Waals surface area contributed by atoms with Gasteiger partial charge >= 0.3 is 6.18 Å². The second-order valence-electron chi connectivity index (χ2n) is 3.58. The maximum atomic E-state index is 12.1. The highest BCUT2D eigenvalue weighted by Crippen LogP contribution is 2.24. The largest absolute Gasteiger partial charge is 0.405 e. The van der Waals surface area contributed by atoms with Crippen LogP contribution in [-0.4, -0.2) is 44.8 Å². The van der Waals surface area contributed by atoms with Crippen molar-refractivity contribution >= 4 is 0 Å². The van der Waals surface area contributed by atoms with Crippen LogP contribution >= 0.6 is 0 Å². The second kappa shape index (κ2) is 6.64. The third kappa shape index (κ3) is 7.17. The number of alkyl halides is 3.